The second-order valence-corrected chi connectivity index (χ2v) is 8.70. The molecule has 0 aromatic heterocycles. The monoisotopic (exact) mass is 393 g/mol. The summed E-state index contributed by atoms with van der Waals surface area (Å²) in [5.74, 6) is 1.08. The summed E-state index contributed by atoms with van der Waals surface area (Å²) in [5.41, 5.74) is 0.258. The molecule has 2 saturated heterocycles. The normalized spacial score (nSPS) is 25.1. The molecule has 0 bridgehead atoms. The van der Waals surface area contributed by atoms with Gasteiger partial charge in [0.2, 0.25) is 5.91 Å². The highest BCUT2D eigenvalue weighted by atomic mass is 16.5. The smallest absolute Gasteiger partial charge is 0.219 e. The van der Waals surface area contributed by atoms with Crippen molar-refractivity contribution in [2.75, 3.05) is 46.9 Å². The Morgan fingerprint density at radius 2 is 1.75 bits per heavy atom. The molecule has 0 radical (unpaired) electrons. The van der Waals surface area contributed by atoms with Gasteiger partial charge in [-0.05, 0) is 38.5 Å². The zero-order valence-corrected chi connectivity index (χ0v) is 18.0. The van der Waals surface area contributed by atoms with E-state index in [1.54, 1.807) is 6.92 Å². The quantitative estimate of drug-likeness (QED) is 0.548. The van der Waals surface area contributed by atoms with E-state index in [0.717, 1.165) is 64.4 Å². The number of aliphatic imine (C=N–C) groups is 1. The molecule has 28 heavy (non-hydrogen) atoms. The lowest BCUT2D eigenvalue weighted by molar-refractivity contribution is -0.129. The van der Waals surface area contributed by atoms with E-state index in [2.05, 4.69) is 20.5 Å². The maximum atomic E-state index is 11.5. The van der Waals surface area contributed by atoms with E-state index in [1.165, 1.54) is 25.7 Å². The van der Waals surface area contributed by atoms with Crippen LogP contribution in [0.25, 0.3) is 0 Å². The highest BCUT2D eigenvalue weighted by Crippen LogP contribution is 2.36. The molecule has 1 saturated carbocycles. The molecule has 0 spiro atoms. The predicted octanol–water partition coefficient (Wildman–Crippen LogP) is 1.59. The van der Waals surface area contributed by atoms with Crippen molar-refractivity contribution in [1.82, 2.24) is 20.4 Å². The highest BCUT2D eigenvalue weighted by Gasteiger charge is 2.41. The number of hydrogen-bond acceptors (Lipinski definition) is 4. The molecule has 2 aliphatic heterocycles. The Labute approximate surface area is 170 Å². The summed E-state index contributed by atoms with van der Waals surface area (Å²) >= 11 is 0. The summed E-state index contributed by atoms with van der Waals surface area (Å²) in [7, 11) is 3.69. The zero-order valence-electron chi connectivity index (χ0n) is 18.0. The van der Waals surface area contributed by atoms with Gasteiger partial charge >= 0.3 is 0 Å². The molecule has 0 atom stereocenters. The van der Waals surface area contributed by atoms with Gasteiger partial charge in [-0.3, -0.25) is 14.7 Å². The SMILES string of the molecule is CN=C(NCC1(N2CCC(OC)CC2)CCCC1)NC1CCN(C(C)=O)CC1. The number of amides is 1. The average molecular weight is 394 g/mol. The Morgan fingerprint density at radius 3 is 2.29 bits per heavy atom. The van der Waals surface area contributed by atoms with Crippen LogP contribution in [-0.2, 0) is 9.53 Å². The summed E-state index contributed by atoms with van der Waals surface area (Å²) in [4.78, 5) is 20.6. The number of piperidine rings is 2. The van der Waals surface area contributed by atoms with E-state index in [1.807, 2.05) is 19.1 Å². The van der Waals surface area contributed by atoms with E-state index in [4.69, 9.17) is 4.74 Å². The van der Waals surface area contributed by atoms with Crippen LogP contribution in [0.2, 0.25) is 0 Å². The second kappa shape index (κ2) is 9.92. The van der Waals surface area contributed by atoms with Gasteiger partial charge in [-0.1, -0.05) is 12.8 Å². The average Bonchev–Trinajstić information content (AvgIpc) is 3.21. The maximum absolute atomic E-state index is 11.5. The van der Waals surface area contributed by atoms with Crippen LogP contribution in [-0.4, -0.2) is 86.2 Å². The molecular formula is C21H39N5O2. The number of rotatable bonds is 5. The van der Waals surface area contributed by atoms with Crippen molar-refractivity contribution in [2.24, 2.45) is 4.99 Å². The molecule has 7 nitrogen and oxygen atoms in total. The van der Waals surface area contributed by atoms with Crippen LogP contribution in [0.4, 0.5) is 0 Å². The first kappa shape index (κ1) is 21.4. The van der Waals surface area contributed by atoms with Gasteiger partial charge in [0, 0.05) is 65.4 Å². The first-order valence-corrected chi connectivity index (χ1v) is 11.1. The minimum absolute atomic E-state index is 0.182. The van der Waals surface area contributed by atoms with Crippen molar-refractivity contribution < 1.29 is 9.53 Å². The molecular weight excluding hydrogens is 354 g/mol. The van der Waals surface area contributed by atoms with Crippen molar-refractivity contribution >= 4 is 11.9 Å². The van der Waals surface area contributed by atoms with Gasteiger partial charge in [-0.2, -0.15) is 0 Å². The Balaban J connectivity index is 1.50. The number of hydrogen-bond donors (Lipinski definition) is 2. The number of ether oxygens (including phenoxy) is 1. The minimum atomic E-state index is 0.182. The number of nitrogens with one attached hydrogen (secondary N) is 2. The summed E-state index contributed by atoms with van der Waals surface area (Å²) in [5, 5.41) is 7.23. The van der Waals surface area contributed by atoms with Crippen LogP contribution in [0.5, 0.6) is 0 Å². The summed E-state index contributed by atoms with van der Waals surface area (Å²) < 4.78 is 5.56. The molecule has 2 N–H and O–H groups in total. The van der Waals surface area contributed by atoms with Gasteiger partial charge in [-0.15, -0.1) is 0 Å². The Bertz CT molecular complexity index is 531. The third-order valence-electron chi connectivity index (χ3n) is 7.07. The van der Waals surface area contributed by atoms with Gasteiger partial charge in [0.15, 0.2) is 5.96 Å². The summed E-state index contributed by atoms with van der Waals surface area (Å²) in [6.07, 6.45) is 9.85. The number of guanidine groups is 1. The van der Waals surface area contributed by atoms with Crippen LogP contribution in [0.1, 0.15) is 58.3 Å². The molecule has 160 valence electrons. The third kappa shape index (κ3) is 5.17. The molecule has 0 unspecified atom stereocenters. The Hall–Kier alpha value is -1.34. The van der Waals surface area contributed by atoms with E-state index in [9.17, 15) is 4.79 Å². The third-order valence-corrected chi connectivity index (χ3v) is 7.07. The van der Waals surface area contributed by atoms with Crippen LogP contribution in [0.15, 0.2) is 4.99 Å². The zero-order chi connectivity index (χ0) is 20.0. The first-order valence-electron chi connectivity index (χ1n) is 11.1. The molecule has 3 fully saturated rings. The van der Waals surface area contributed by atoms with E-state index >= 15 is 0 Å². The molecule has 1 aliphatic carbocycles. The molecule has 0 aromatic carbocycles. The number of carbonyl (C=O) groups is 1. The van der Waals surface area contributed by atoms with E-state index in [0.29, 0.717) is 12.1 Å². The minimum Gasteiger partial charge on any atom is -0.381 e. The van der Waals surface area contributed by atoms with E-state index in [-0.39, 0.29) is 11.4 Å². The molecule has 3 rings (SSSR count). The maximum Gasteiger partial charge on any atom is 0.219 e. The summed E-state index contributed by atoms with van der Waals surface area (Å²) in [6, 6.07) is 0.388. The van der Waals surface area contributed by atoms with Crippen LogP contribution < -0.4 is 10.6 Å². The Kier molecular flexibility index (Phi) is 7.57. The fourth-order valence-electron chi connectivity index (χ4n) is 5.18. The number of carbonyl (C=O) groups excluding carboxylic acids is 1. The van der Waals surface area contributed by atoms with Crippen molar-refractivity contribution in [3.63, 3.8) is 0 Å². The van der Waals surface area contributed by atoms with Gasteiger partial charge in [0.25, 0.3) is 0 Å². The number of likely N-dealkylation sites (tertiary alicyclic amines) is 2. The fraction of sp³-hybridized carbons (Fsp3) is 0.905. The van der Waals surface area contributed by atoms with Crippen LogP contribution >= 0.6 is 0 Å². The fourth-order valence-corrected chi connectivity index (χ4v) is 5.18. The second-order valence-electron chi connectivity index (χ2n) is 8.70. The topological polar surface area (TPSA) is 69.2 Å². The van der Waals surface area contributed by atoms with Crippen molar-refractivity contribution in [3.8, 4) is 0 Å². The van der Waals surface area contributed by atoms with Crippen molar-refractivity contribution in [3.05, 3.63) is 0 Å². The molecule has 2 heterocycles. The summed E-state index contributed by atoms with van der Waals surface area (Å²) in [6.45, 7) is 6.55. The Morgan fingerprint density at radius 1 is 1.11 bits per heavy atom. The lowest BCUT2D eigenvalue weighted by Crippen LogP contribution is -2.59. The van der Waals surface area contributed by atoms with Gasteiger partial charge in [-0.25, -0.2) is 0 Å². The predicted molar refractivity (Wildman–Crippen MR) is 113 cm³/mol. The number of methoxy groups -OCH3 is 1. The lowest BCUT2D eigenvalue weighted by Gasteiger charge is -2.45. The largest absolute Gasteiger partial charge is 0.381 e. The molecule has 0 aromatic rings. The van der Waals surface area contributed by atoms with Crippen molar-refractivity contribution in [1.29, 1.82) is 0 Å². The van der Waals surface area contributed by atoms with Gasteiger partial charge < -0.3 is 20.3 Å². The van der Waals surface area contributed by atoms with Crippen LogP contribution in [0, 0.1) is 0 Å². The first-order chi connectivity index (χ1) is 13.6. The lowest BCUT2D eigenvalue weighted by atomic mass is 9.91. The number of nitrogens with zero attached hydrogens (tertiary/aromatic N) is 3. The molecule has 3 aliphatic rings. The molecule has 7 heteroatoms. The highest BCUT2D eigenvalue weighted by molar-refractivity contribution is 5.80. The van der Waals surface area contributed by atoms with Gasteiger partial charge in [0.1, 0.15) is 0 Å². The van der Waals surface area contributed by atoms with Crippen molar-refractivity contribution in [2.45, 2.75) is 76.0 Å². The van der Waals surface area contributed by atoms with E-state index < -0.39 is 0 Å². The van der Waals surface area contributed by atoms with Gasteiger partial charge in [0.05, 0.1) is 6.10 Å². The molecule has 1 amide bonds. The standard InChI is InChI=1S/C21H39N5O2/c1-17(27)25-12-6-18(7-13-25)24-20(22-2)23-16-21(10-4-5-11-21)26-14-8-19(28-3)9-15-26/h18-19H,4-16H2,1-3H3,(H2,22,23,24). The van der Waals surface area contributed by atoms with Crippen LogP contribution in [0.3, 0.4) is 0 Å².